The number of carbonyl (C=O) groups is 1. The summed E-state index contributed by atoms with van der Waals surface area (Å²) >= 11 is 6.03. The van der Waals surface area contributed by atoms with Crippen LogP contribution in [0.2, 0.25) is 5.02 Å². The molecule has 0 atom stereocenters. The van der Waals surface area contributed by atoms with Crippen LogP contribution in [0.1, 0.15) is 17.0 Å². The van der Waals surface area contributed by atoms with Crippen LogP contribution < -0.4 is 5.32 Å². The highest BCUT2D eigenvalue weighted by Gasteiger charge is 2.15. The van der Waals surface area contributed by atoms with Crippen LogP contribution in [0.5, 0.6) is 0 Å². The number of amides is 1. The minimum atomic E-state index is -0.299. The second kappa shape index (κ2) is 5.35. The molecule has 0 aliphatic heterocycles. The van der Waals surface area contributed by atoms with Crippen LogP contribution in [0.15, 0.2) is 6.20 Å². The summed E-state index contributed by atoms with van der Waals surface area (Å²) in [5.74, 6) is 0.0671. The zero-order valence-corrected chi connectivity index (χ0v) is 12.1. The van der Waals surface area contributed by atoms with Gasteiger partial charge in [0.2, 0.25) is 5.91 Å². The van der Waals surface area contributed by atoms with E-state index in [1.807, 2.05) is 6.07 Å². The number of nitriles is 1. The number of halogens is 1. The maximum absolute atomic E-state index is 12.0. The van der Waals surface area contributed by atoms with Crippen molar-refractivity contribution in [2.45, 2.75) is 20.4 Å². The summed E-state index contributed by atoms with van der Waals surface area (Å²) in [4.78, 5) is 12.0. The monoisotopic (exact) mass is 292 g/mol. The Morgan fingerprint density at radius 1 is 1.55 bits per heavy atom. The summed E-state index contributed by atoms with van der Waals surface area (Å²) in [6.45, 7) is 3.59. The Morgan fingerprint density at radius 2 is 2.25 bits per heavy atom. The minimum Gasteiger partial charge on any atom is -0.308 e. The van der Waals surface area contributed by atoms with Crippen LogP contribution in [-0.4, -0.2) is 25.5 Å². The van der Waals surface area contributed by atoms with Crippen molar-refractivity contribution in [3.63, 3.8) is 0 Å². The van der Waals surface area contributed by atoms with E-state index in [4.69, 9.17) is 16.9 Å². The summed E-state index contributed by atoms with van der Waals surface area (Å²) in [5.41, 5.74) is 1.72. The van der Waals surface area contributed by atoms with Crippen molar-refractivity contribution in [2.75, 3.05) is 5.32 Å². The minimum absolute atomic E-state index is 0.0233. The Kier molecular flexibility index (Phi) is 3.77. The molecule has 0 saturated carbocycles. The summed E-state index contributed by atoms with van der Waals surface area (Å²) in [5, 5.41) is 20.2. The molecule has 2 rings (SSSR count). The molecule has 1 amide bonds. The van der Waals surface area contributed by atoms with Gasteiger partial charge in [-0.1, -0.05) is 11.6 Å². The molecule has 104 valence electrons. The molecule has 0 aromatic carbocycles. The number of nitrogens with zero attached hydrogens (tertiary/aromatic N) is 5. The molecule has 0 saturated heterocycles. The number of aromatic nitrogens is 4. The number of carbonyl (C=O) groups excluding carboxylic acids is 1. The standard InChI is InChI=1S/C12H13ClN6O/c1-7-11(13)8(2)19(17-7)6-10(20)16-12-9(4-14)5-15-18(12)3/h5H,6H2,1-3H3,(H,16,20). The lowest BCUT2D eigenvalue weighted by Gasteiger charge is -2.07. The molecule has 0 aliphatic carbocycles. The Balaban J connectivity index is 2.15. The molecule has 0 unspecified atom stereocenters. The number of hydrogen-bond donors (Lipinski definition) is 1. The molecule has 1 N–H and O–H groups in total. The summed E-state index contributed by atoms with van der Waals surface area (Å²) in [6, 6.07) is 1.97. The molecule has 8 heteroatoms. The Hall–Kier alpha value is -2.33. The molecule has 0 radical (unpaired) electrons. The van der Waals surface area contributed by atoms with Gasteiger partial charge in [0.05, 0.1) is 22.6 Å². The van der Waals surface area contributed by atoms with Gasteiger partial charge in [0.25, 0.3) is 0 Å². The van der Waals surface area contributed by atoms with Gasteiger partial charge < -0.3 is 5.32 Å². The zero-order chi connectivity index (χ0) is 14.9. The van der Waals surface area contributed by atoms with Crippen molar-refractivity contribution in [1.29, 1.82) is 5.26 Å². The van der Waals surface area contributed by atoms with Crippen LogP contribution >= 0.6 is 11.6 Å². The normalized spacial score (nSPS) is 10.3. The van der Waals surface area contributed by atoms with Crippen LogP contribution in [0.3, 0.4) is 0 Å². The third-order valence-electron chi connectivity index (χ3n) is 2.90. The lowest BCUT2D eigenvalue weighted by atomic mass is 10.3. The second-order valence-electron chi connectivity index (χ2n) is 4.33. The molecule has 2 aromatic rings. The van der Waals surface area contributed by atoms with E-state index in [1.165, 1.54) is 15.6 Å². The van der Waals surface area contributed by atoms with Gasteiger partial charge in [-0.25, -0.2) is 0 Å². The van der Waals surface area contributed by atoms with E-state index < -0.39 is 0 Å². The molecule has 0 aliphatic rings. The van der Waals surface area contributed by atoms with Gasteiger partial charge in [-0.3, -0.25) is 14.2 Å². The molecule has 0 fully saturated rings. The van der Waals surface area contributed by atoms with Crippen LogP contribution in [0.25, 0.3) is 0 Å². The number of anilines is 1. The average Bonchev–Trinajstić information content (AvgIpc) is 2.87. The van der Waals surface area contributed by atoms with Crippen molar-refractivity contribution in [2.24, 2.45) is 7.05 Å². The maximum atomic E-state index is 12.0. The van der Waals surface area contributed by atoms with Crippen LogP contribution in [0.4, 0.5) is 5.82 Å². The molecule has 0 bridgehead atoms. The van der Waals surface area contributed by atoms with Crippen molar-refractivity contribution >= 4 is 23.3 Å². The van der Waals surface area contributed by atoms with Gasteiger partial charge in [-0.05, 0) is 13.8 Å². The second-order valence-corrected chi connectivity index (χ2v) is 4.71. The summed E-state index contributed by atoms with van der Waals surface area (Å²) in [6.07, 6.45) is 1.40. The molecular weight excluding hydrogens is 280 g/mol. The molecule has 2 heterocycles. The van der Waals surface area contributed by atoms with Crippen molar-refractivity contribution in [3.05, 3.63) is 28.2 Å². The lowest BCUT2D eigenvalue weighted by molar-refractivity contribution is -0.117. The van der Waals surface area contributed by atoms with E-state index in [0.717, 1.165) is 5.69 Å². The van der Waals surface area contributed by atoms with E-state index in [0.29, 0.717) is 22.1 Å². The fraction of sp³-hybridized carbons (Fsp3) is 0.333. The smallest absolute Gasteiger partial charge is 0.247 e. The van der Waals surface area contributed by atoms with Crippen molar-refractivity contribution < 1.29 is 4.79 Å². The first-order valence-corrected chi connectivity index (χ1v) is 6.23. The van der Waals surface area contributed by atoms with Gasteiger partial charge >= 0.3 is 0 Å². The van der Waals surface area contributed by atoms with Gasteiger partial charge in [-0.2, -0.15) is 15.5 Å². The highest BCUT2D eigenvalue weighted by atomic mass is 35.5. The van der Waals surface area contributed by atoms with Crippen molar-refractivity contribution in [1.82, 2.24) is 19.6 Å². The fourth-order valence-electron chi connectivity index (χ4n) is 1.80. The van der Waals surface area contributed by atoms with Crippen LogP contribution in [-0.2, 0) is 18.4 Å². The Bertz CT molecular complexity index is 708. The largest absolute Gasteiger partial charge is 0.308 e. The molecule has 0 spiro atoms. The predicted molar refractivity (Wildman–Crippen MR) is 73.3 cm³/mol. The SMILES string of the molecule is Cc1nn(CC(=O)Nc2c(C#N)cnn2C)c(C)c1Cl. The Morgan fingerprint density at radius 3 is 2.80 bits per heavy atom. The third kappa shape index (κ3) is 2.51. The third-order valence-corrected chi connectivity index (χ3v) is 3.45. The fourth-order valence-corrected chi connectivity index (χ4v) is 1.94. The van der Waals surface area contributed by atoms with E-state index in [1.54, 1.807) is 20.9 Å². The van der Waals surface area contributed by atoms with Gasteiger partial charge in [0, 0.05) is 7.05 Å². The van der Waals surface area contributed by atoms with Gasteiger partial charge in [0.1, 0.15) is 24.0 Å². The van der Waals surface area contributed by atoms with E-state index in [9.17, 15) is 4.79 Å². The molecule has 2 aromatic heterocycles. The quantitative estimate of drug-likeness (QED) is 0.926. The van der Waals surface area contributed by atoms with Gasteiger partial charge in [-0.15, -0.1) is 0 Å². The Labute approximate surface area is 120 Å². The first-order valence-electron chi connectivity index (χ1n) is 5.85. The highest BCUT2D eigenvalue weighted by Crippen LogP contribution is 2.19. The zero-order valence-electron chi connectivity index (χ0n) is 11.3. The number of hydrogen-bond acceptors (Lipinski definition) is 4. The molecule has 20 heavy (non-hydrogen) atoms. The summed E-state index contributed by atoms with van der Waals surface area (Å²) < 4.78 is 2.96. The maximum Gasteiger partial charge on any atom is 0.247 e. The van der Waals surface area contributed by atoms with E-state index >= 15 is 0 Å². The van der Waals surface area contributed by atoms with E-state index in [2.05, 4.69) is 15.5 Å². The van der Waals surface area contributed by atoms with Crippen LogP contribution in [0, 0.1) is 25.2 Å². The number of nitrogens with one attached hydrogen (secondary N) is 1. The molecule has 7 nitrogen and oxygen atoms in total. The highest BCUT2D eigenvalue weighted by molar-refractivity contribution is 6.31. The lowest BCUT2D eigenvalue weighted by Crippen LogP contribution is -2.22. The van der Waals surface area contributed by atoms with E-state index in [-0.39, 0.29) is 12.5 Å². The predicted octanol–water partition coefficient (Wildman–Crippen LogP) is 1.40. The first kappa shape index (κ1) is 14.1. The number of rotatable bonds is 3. The average molecular weight is 293 g/mol. The van der Waals surface area contributed by atoms with Gasteiger partial charge in [0.15, 0.2) is 0 Å². The number of aryl methyl sites for hydroxylation is 2. The summed E-state index contributed by atoms with van der Waals surface area (Å²) in [7, 11) is 1.65. The first-order chi connectivity index (χ1) is 9.43. The topological polar surface area (TPSA) is 88.5 Å². The molecular formula is C12H13ClN6O. The van der Waals surface area contributed by atoms with Crippen molar-refractivity contribution in [3.8, 4) is 6.07 Å².